The Morgan fingerprint density at radius 2 is 2.00 bits per heavy atom. The van der Waals surface area contributed by atoms with E-state index >= 15 is 0 Å². The van der Waals surface area contributed by atoms with E-state index in [0.29, 0.717) is 0 Å². The molecule has 0 radical (unpaired) electrons. The first kappa shape index (κ1) is 13.2. The van der Waals surface area contributed by atoms with Crippen molar-refractivity contribution in [3.63, 3.8) is 0 Å². The van der Waals surface area contributed by atoms with Crippen molar-refractivity contribution in [2.45, 2.75) is 6.42 Å². The average molecular weight is 281 g/mol. The summed E-state index contributed by atoms with van der Waals surface area (Å²) >= 11 is 0. The number of para-hydroxylation sites is 1. The second-order valence-corrected chi connectivity index (χ2v) is 4.88. The van der Waals surface area contributed by atoms with Crippen molar-refractivity contribution in [1.82, 2.24) is 4.98 Å². The lowest BCUT2D eigenvalue weighted by molar-refractivity contribution is -0.384. The fourth-order valence-corrected chi connectivity index (χ4v) is 2.55. The van der Waals surface area contributed by atoms with Gasteiger partial charge < -0.3 is 10.3 Å². The minimum absolute atomic E-state index is 0.0991. The molecular weight excluding hydrogens is 266 g/mol. The Morgan fingerprint density at radius 3 is 2.76 bits per heavy atom. The molecule has 0 fully saturated rings. The molecule has 3 aromatic rings. The molecule has 1 aromatic heterocycles. The summed E-state index contributed by atoms with van der Waals surface area (Å²) in [5.74, 6) is 0. The van der Waals surface area contributed by atoms with Gasteiger partial charge >= 0.3 is 0 Å². The number of nitro groups is 1. The lowest BCUT2D eigenvalue weighted by atomic mass is 10.0. The number of hydrogen-bond donors (Lipinski definition) is 2. The maximum absolute atomic E-state index is 10.8. The smallest absolute Gasteiger partial charge is 0.271 e. The van der Waals surface area contributed by atoms with Crippen LogP contribution < -0.4 is 5.32 Å². The zero-order valence-corrected chi connectivity index (χ0v) is 11.6. The van der Waals surface area contributed by atoms with Crippen LogP contribution in [0.1, 0.15) is 11.1 Å². The van der Waals surface area contributed by atoms with Crippen LogP contribution in [0.3, 0.4) is 0 Å². The molecule has 0 amide bonds. The van der Waals surface area contributed by atoms with Crippen molar-refractivity contribution in [2.24, 2.45) is 0 Å². The zero-order valence-electron chi connectivity index (χ0n) is 11.6. The molecule has 21 heavy (non-hydrogen) atoms. The van der Waals surface area contributed by atoms with Gasteiger partial charge in [-0.2, -0.15) is 0 Å². The van der Waals surface area contributed by atoms with Gasteiger partial charge in [0.05, 0.1) is 4.92 Å². The first-order valence-electron chi connectivity index (χ1n) is 6.69. The maximum atomic E-state index is 10.8. The van der Waals surface area contributed by atoms with Crippen molar-refractivity contribution in [3.05, 3.63) is 69.9 Å². The summed E-state index contributed by atoms with van der Waals surface area (Å²) in [4.78, 5) is 13.7. The molecule has 1 heterocycles. The van der Waals surface area contributed by atoms with Crippen molar-refractivity contribution in [2.75, 3.05) is 12.4 Å². The molecular formula is C16H15N3O2. The molecule has 0 unspecified atom stereocenters. The van der Waals surface area contributed by atoms with Crippen molar-refractivity contribution in [1.29, 1.82) is 0 Å². The minimum atomic E-state index is -0.379. The third-order valence-electron chi connectivity index (χ3n) is 3.63. The lowest BCUT2D eigenvalue weighted by Gasteiger charge is -2.08. The lowest BCUT2D eigenvalue weighted by Crippen LogP contribution is -1.98. The predicted octanol–water partition coefficient (Wildman–Crippen LogP) is 3.71. The van der Waals surface area contributed by atoms with Crippen LogP contribution in [0.15, 0.2) is 48.7 Å². The van der Waals surface area contributed by atoms with E-state index in [1.54, 1.807) is 19.2 Å². The first-order chi connectivity index (χ1) is 10.2. The second kappa shape index (κ2) is 5.28. The molecule has 3 rings (SSSR count). The quantitative estimate of drug-likeness (QED) is 0.565. The molecule has 0 aliphatic rings. The van der Waals surface area contributed by atoms with E-state index < -0.39 is 0 Å². The Kier molecular flexibility index (Phi) is 3.31. The molecule has 0 atom stereocenters. The highest BCUT2D eigenvalue weighted by atomic mass is 16.6. The third-order valence-corrected chi connectivity index (χ3v) is 3.63. The van der Waals surface area contributed by atoms with Gasteiger partial charge in [0, 0.05) is 48.4 Å². The maximum Gasteiger partial charge on any atom is 0.271 e. The summed E-state index contributed by atoms with van der Waals surface area (Å²) in [6.45, 7) is 0. The number of anilines is 1. The van der Waals surface area contributed by atoms with Gasteiger partial charge in [0.1, 0.15) is 0 Å². The summed E-state index contributed by atoms with van der Waals surface area (Å²) in [5, 5.41) is 15.1. The van der Waals surface area contributed by atoms with Gasteiger partial charge in [0.2, 0.25) is 0 Å². The van der Waals surface area contributed by atoms with E-state index in [4.69, 9.17) is 0 Å². The molecule has 5 heteroatoms. The van der Waals surface area contributed by atoms with Crippen molar-refractivity contribution < 1.29 is 4.92 Å². The van der Waals surface area contributed by atoms with Crippen LogP contribution in [0.2, 0.25) is 0 Å². The fraction of sp³-hybridized carbons (Fsp3) is 0.125. The number of hydrogen-bond acceptors (Lipinski definition) is 3. The van der Waals surface area contributed by atoms with E-state index in [2.05, 4.69) is 16.4 Å². The standard InChI is InChI=1S/C16H15N3O2/c1-17-16-9-13(19(20)21)7-6-11(16)8-12-10-18-15-5-3-2-4-14(12)15/h2-7,9-10,17-18H,8H2,1H3. The van der Waals surface area contributed by atoms with Gasteiger partial charge in [-0.15, -0.1) is 0 Å². The van der Waals surface area contributed by atoms with E-state index in [0.717, 1.165) is 23.2 Å². The highest BCUT2D eigenvalue weighted by Crippen LogP contribution is 2.27. The van der Waals surface area contributed by atoms with Gasteiger partial charge in [-0.25, -0.2) is 0 Å². The summed E-state index contributed by atoms with van der Waals surface area (Å²) < 4.78 is 0. The molecule has 0 saturated heterocycles. The van der Waals surface area contributed by atoms with Crippen LogP contribution in [-0.2, 0) is 6.42 Å². The molecule has 0 saturated carbocycles. The summed E-state index contributed by atoms with van der Waals surface area (Å²) in [6.07, 6.45) is 2.71. The third kappa shape index (κ3) is 2.45. The normalized spacial score (nSPS) is 10.7. The van der Waals surface area contributed by atoms with Crippen LogP contribution in [0.25, 0.3) is 10.9 Å². The number of aromatic nitrogens is 1. The average Bonchev–Trinajstić information content (AvgIpc) is 2.91. The van der Waals surface area contributed by atoms with Crippen LogP contribution in [0.4, 0.5) is 11.4 Å². The van der Waals surface area contributed by atoms with Crippen LogP contribution in [-0.4, -0.2) is 17.0 Å². The fourth-order valence-electron chi connectivity index (χ4n) is 2.55. The molecule has 2 aromatic carbocycles. The molecule has 5 nitrogen and oxygen atoms in total. The number of aromatic amines is 1. The van der Waals surface area contributed by atoms with Gasteiger partial charge in [0.15, 0.2) is 0 Å². The highest BCUT2D eigenvalue weighted by Gasteiger charge is 2.12. The Labute approximate surface area is 121 Å². The van der Waals surface area contributed by atoms with Gasteiger partial charge in [-0.1, -0.05) is 18.2 Å². The Hall–Kier alpha value is -2.82. The molecule has 106 valence electrons. The van der Waals surface area contributed by atoms with E-state index in [1.807, 2.05) is 30.5 Å². The summed E-state index contributed by atoms with van der Waals surface area (Å²) in [5.41, 5.74) is 4.20. The van der Waals surface area contributed by atoms with Crippen LogP contribution in [0.5, 0.6) is 0 Å². The number of benzene rings is 2. The van der Waals surface area contributed by atoms with Crippen molar-refractivity contribution >= 4 is 22.3 Å². The number of fused-ring (bicyclic) bond motifs is 1. The molecule has 0 bridgehead atoms. The van der Waals surface area contributed by atoms with Gasteiger partial charge in [0.25, 0.3) is 5.69 Å². The van der Waals surface area contributed by atoms with Gasteiger partial charge in [-0.05, 0) is 23.3 Å². The summed E-state index contributed by atoms with van der Waals surface area (Å²) in [6, 6.07) is 13.0. The Bertz CT molecular complexity index is 808. The van der Waals surface area contributed by atoms with Crippen molar-refractivity contribution in [3.8, 4) is 0 Å². The second-order valence-electron chi connectivity index (χ2n) is 4.88. The molecule has 0 aliphatic carbocycles. The monoisotopic (exact) mass is 281 g/mol. The number of non-ortho nitro benzene ring substituents is 1. The van der Waals surface area contributed by atoms with Crippen LogP contribution >= 0.6 is 0 Å². The Morgan fingerprint density at radius 1 is 1.19 bits per heavy atom. The van der Waals surface area contributed by atoms with E-state index in [1.165, 1.54) is 10.9 Å². The SMILES string of the molecule is CNc1cc([N+](=O)[O-])ccc1Cc1c[nH]c2ccccc12. The highest BCUT2D eigenvalue weighted by molar-refractivity contribution is 5.83. The van der Waals surface area contributed by atoms with E-state index in [9.17, 15) is 10.1 Å². The minimum Gasteiger partial charge on any atom is -0.388 e. The molecule has 0 spiro atoms. The summed E-state index contributed by atoms with van der Waals surface area (Å²) in [7, 11) is 1.78. The predicted molar refractivity (Wildman–Crippen MR) is 83.7 cm³/mol. The largest absolute Gasteiger partial charge is 0.388 e. The molecule has 0 aliphatic heterocycles. The number of nitrogens with one attached hydrogen (secondary N) is 2. The molecule has 2 N–H and O–H groups in total. The number of H-pyrrole nitrogens is 1. The zero-order chi connectivity index (χ0) is 14.8. The Balaban J connectivity index is 1.99. The number of nitrogens with zero attached hydrogens (tertiary/aromatic N) is 1. The number of nitro benzene ring substituents is 1. The van der Waals surface area contributed by atoms with E-state index in [-0.39, 0.29) is 10.6 Å². The number of rotatable bonds is 4. The first-order valence-corrected chi connectivity index (χ1v) is 6.69. The topological polar surface area (TPSA) is 71.0 Å². The van der Waals surface area contributed by atoms with Gasteiger partial charge in [-0.3, -0.25) is 10.1 Å². The van der Waals surface area contributed by atoms with Crippen LogP contribution in [0, 0.1) is 10.1 Å².